The van der Waals surface area contributed by atoms with Gasteiger partial charge in [0.05, 0.1) is 0 Å². The standard InChI is InChI=1S/C25H26N4O2/c1-19-6-5-9-23(18-19)28-14-16-29(17-15-28)24(30)20-10-12-22(13-11-20)27-25(31)26-21-7-3-2-4-8-21/h2-13,18H,14-17H2,1H3,(H2,26,27,31). The summed E-state index contributed by atoms with van der Waals surface area (Å²) in [4.78, 5) is 29.2. The number of anilines is 3. The van der Waals surface area contributed by atoms with Crippen LogP contribution in [0.15, 0.2) is 78.9 Å². The minimum atomic E-state index is -0.322. The second-order valence-electron chi connectivity index (χ2n) is 7.64. The van der Waals surface area contributed by atoms with E-state index in [-0.39, 0.29) is 11.9 Å². The highest BCUT2D eigenvalue weighted by atomic mass is 16.2. The predicted octanol–water partition coefficient (Wildman–Crippen LogP) is 4.60. The summed E-state index contributed by atoms with van der Waals surface area (Å²) in [5, 5.41) is 5.55. The number of aryl methyl sites for hydroxylation is 1. The number of hydrogen-bond acceptors (Lipinski definition) is 3. The number of para-hydroxylation sites is 1. The van der Waals surface area contributed by atoms with Crippen molar-refractivity contribution >= 4 is 29.0 Å². The van der Waals surface area contributed by atoms with Crippen molar-refractivity contribution in [2.45, 2.75) is 6.92 Å². The van der Waals surface area contributed by atoms with Crippen molar-refractivity contribution in [1.82, 2.24) is 4.90 Å². The summed E-state index contributed by atoms with van der Waals surface area (Å²) >= 11 is 0. The fourth-order valence-corrected chi connectivity index (χ4v) is 3.69. The van der Waals surface area contributed by atoms with E-state index in [1.54, 1.807) is 24.3 Å². The smallest absolute Gasteiger partial charge is 0.323 e. The zero-order chi connectivity index (χ0) is 21.6. The summed E-state index contributed by atoms with van der Waals surface area (Å²) in [6, 6.07) is 24.4. The van der Waals surface area contributed by atoms with E-state index in [0.717, 1.165) is 18.8 Å². The van der Waals surface area contributed by atoms with Crippen LogP contribution in [0.25, 0.3) is 0 Å². The molecular weight excluding hydrogens is 388 g/mol. The Hall–Kier alpha value is -3.80. The number of nitrogens with one attached hydrogen (secondary N) is 2. The van der Waals surface area contributed by atoms with Gasteiger partial charge in [-0.05, 0) is 61.0 Å². The molecule has 3 aromatic carbocycles. The maximum Gasteiger partial charge on any atom is 0.323 e. The lowest BCUT2D eigenvalue weighted by molar-refractivity contribution is 0.0747. The number of benzene rings is 3. The van der Waals surface area contributed by atoms with Gasteiger partial charge in [-0.1, -0.05) is 30.3 Å². The topological polar surface area (TPSA) is 64.7 Å². The molecule has 0 aliphatic carbocycles. The molecule has 1 fully saturated rings. The average Bonchev–Trinajstić information content (AvgIpc) is 2.80. The third-order valence-corrected chi connectivity index (χ3v) is 5.36. The Morgan fingerprint density at radius 1 is 0.742 bits per heavy atom. The number of piperazine rings is 1. The molecule has 0 atom stereocenters. The van der Waals surface area contributed by atoms with Crippen LogP contribution in [0.5, 0.6) is 0 Å². The van der Waals surface area contributed by atoms with Crippen LogP contribution in [0.4, 0.5) is 21.9 Å². The van der Waals surface area contributed by atoms with Gasteiger partial charge in [0, 0.05) is 48.8 Å². The van der Waals surface area contributed by atoms with Gasteiger partial charge in [-0.2, -0.15) is 0 Å². The molecule has 31 heavy (non-hydrogen) atoms. The fourth-order valence-electron chi connectivity index (χ4n) is 3.69. The number of hydrogen-bond donors (Lipinski definition) is 2. The normalized spacial score (nSPS) is 13.6. The number of amides is 3. The van der Waals surface area contributed by atoms with Gasteiger partial charge in [-0.25, -0.2) is 4.79 Å². The highest BCUT2D eigenvalue weighted by Gasteiger charge is 2.22. The van der Waals surface area contributed by atoms with E-state index in [1.165, 1.54) is 11.3 Å². The predicted molar refractivity (Wildman–Crippen MR) is 125 cm³/mol. The van der Waals surface area contributed by atoms with Gasteiger partial charge in [-0.3, -0.25) is 4.79 Å². The van der Waals surface area contributed by atoms with Crippen molar-refractivity contribution in [1.29, 1.82) is 0 Å². The largest absolute Gasteiger partial charge is 0.368 e. The molecule has 1 aliphatic rings. The molecule has 0 aromatic heterocycles. The van der Waals surface area contributed by atoms with Crippen LogP contribution in [0.1, 0.15) is 15.9 Å². The van der Waals surface area contributed by atoms with E-state index >= 15 is 0 Å². The highest BCUT2D eigenvalue weighted by molar-refractivity contribution is 6.00. The summed E-state index contributed by atoms with van der Waals surface area (Å²) in [5.41, 5.74) is 4.42. The van der Waals surface area contributed by atoms with Crippen LogP contribution in [0.3, 0.4) is 0 Å². The molecule has 0 unspecified atom stereocenters. The van der Waals surface area contributed by atoms with Crippen LogP contribution < -0.4 is 15.5 Å². The molecule has 6 heteroatoms. The van der Waals surface area contributed by atoms with Crippen molar-refractivity contribution in [3.63, 3.8) is 0 Å². The molecule has 3 amide bonds. The molecule has 0 saturated carbocycles. The maximum atomic E-state index is 12.9. The molecule has 1 heterocycles. The SMILES string of the molecule is Cc1cccc(N2CCN(C(=O)c3ccc(NC(=O)Nc4ccccc4)cc3)CC2)c1. The van der Waals surface area contributed by atoms with E-state index in [0.29, 0.717) is 24.3 Å². The Labute approximate surface area is 182 Å². The number of nitrogens with zero attached hydrogens (tertiary/aromatic N) is 2. The first-order valence-corrected chi connectivity index (χ1v) is 10.4. The summed E-state index contributed by atoms with van der Waals surface area (Å²) < 4.78 is 0. The second-order valence-corrected chi connectivity index (χ2v) is 7.64. The average molecular weight is 415 g/mol. The van der Waals surface area contributed by atoms with Crippen LogP contribution in [0, 0.1) is 6.92 Å². The van der Waals surface area contributed by atoms with Gasteiger partial charge < -0.3 is 20.4 Å². The zero-order valence-corrected chi connectivity index (χ0v) is 17.5. The Morgan fingerprint density at radius 2 is 1.39 bits per heavy atom. The van der Waals surface area contributed by atoms with E-state index in [2.05, 4.69) is 46.7 Å². The lowest BCUT2D eigenvalue weighted by atomic mass is 10.1. The Morgan fingerprint density at radius 3 is 2.03 bits per heavy atom. The zero-order valence-electron chi connectivity index (χ0n) is 17.5. The first-order valence-electron chi connectivity index (χ1n) is 10.4. The lowest BCUT2D eigenvalue weighted by Crippen LogP contribution is -2.48. The molecule has 0 bridgehead atoms. The van der Waals surface area contributed by atoms with Crippen molar-refractivity contribution in [3.05, 3.63) is 90.0 Å². The Kier molecular flexibility index (Phi) is 6.17. The molecule has 0 spiro atoms. The van der Waals surface area contributed by atoms with Gasteiger partial charge in [0.15, 0.2) is 0 Å². The highest BCUT2D eigenvalue weighted by Crippen LogP contribution is 2.19. The summed E-state index contributed by atoms with van der Waals surface area (Å²) in [7, 11) is 0. The molecular formula is C25H26N4O2. The van der Waals surface area contributed by atoms with Crippen LogP contribution in [0.2, 0.25) is 0 Å². The minimum Gasteiger partial charge on any atom is -0.368 e. The third-order valence-electron chi connectivity index (χ3n) is 5.36. The van der Waals surface area contributed by atoms with Crippen molar-refractivity contribution in [2.24, 2.45) is 0 Å². The number of rotatable bonds is 4. The molecule has 2 N–H and O–H groups in total. The molecule has 158 valence electrons. The lowest BCUT2D eigenvalue weighted by Gasteiger charge is -2.36. The Bertz CT molecular complexity index is 1040. The molecule has 3 aromatic rings. The first-order chi connectivity index (χ1) is 15.1. The number of carbonyl (C=O) groups excluding carboxylic acids is 2. The summed E-state index contributed by atoms with van der Waals surface area (Å²) in [6.07, 6.45) is 0. The number of urea groups is 1. The van der Waals surface area contributed by atoms with E-state index < -0.39 is 0 Å². The summed E-state index contributed by atoms with van der Waals surface area (Å²) in [6.45, 7) is 5.09. The quantitative estimate of drug-likeness (QED) is 0.656. The van der Waals surface area contributed by atoms with Crippen molar-refractivity contribution in [2.75, 3.05) is 41.7 Å². The van der Waals surface area contributed by atoms with Crippen LogP contribution in [-0.4, -0.2) is 43.0 Å². The maximum absolute atomic E-state index is 12.9. The van der Waals surface area contributed by atoms with Crippen molar-refractivity contribution in [3.8, 4) is 0 Å². The minimum absolute atomic E-state index is 0.0178. The molecule has 1 saturated heterocycles. The van der Waals surface area contributed by atoms with Gasteiger partial charge in [0.1, 0.15) is 0 Å². The number of carbonyl (C=O) groups is 2. The van der Waals surface area contributed by atoms with E-state index in [9.17, 15) is 9.59 Å². The monoisotopic (exact) mass is 414 g/mol. The first kappa shape index (κ1) is 20.5. The van der Waals surface area contributed by atoms with Gasteiger partial charge >= 0.3 is 6.03 Å². The Balaban J connectivity index is 1.31. The van der Waals surface area contributed by atoms with E-state index in [1.807, 2.05) is 35.2 Å². The molecule has 1 aliphatic heterocycles. The summed E-state index contributed by atoms with van der Waals surface area (Å²) in [5.74, 6) is 0.0178. The van der Waals surface area contributed by atoms with Gasteiger partial charge in [0.25, 0.3) is 5.91 Å². The van der Waals surface area contributed by atoms with Crippen molar-refractivity contribution < 1.29 is 9.59 Å². The van der Waals surface area contributed by atoms with Gasteiger partial charge in [-0.15, -0.1) is 0 Å². The third kappa shape index (κ3) is 5.22. The van der Waals surface area contributed by atoms with Crippen LogP contribution >= 0.6 is 0 Å². The fraction of sp³-hybridized carbons (Fsp3) is 0.200. The van der Waals surface area contributed by atoms with Gasteiger partial charge in [0.2, 0.25) is 0 Å². The molecule has 0 radical (unpaired) electrons. The molecule has 4 rings (SSSR count). The van der Waals surface area contributed by atoms with Crippen LogP contribution in [-0.2, 0) is 0 Å². The van der Waals surface area contributed by atoms with E-state index in [4.69, 9.17) is 0 Å². The molecule has 6 nitrogen and oxygen atoms in total. The second kappa shape index (κ2) is 9.34.